The van der Waals surface area contributed by atoms with Gasteiger partial charge in [-0.3, -0.25) is 0 Å². The first-order valence-corrected chi connectivity index (χ1v) is 59.2. The lowest BCUT2D eigenvalue weighted by molar-refractivity contribution is 0.439. The fourth-order valence-corrected chi connectivity index (χ4v) is 22.4. The molecule has 0 fully saturated rings. The molecule has 1 N–H and O–H groups in total. The van der Waals surface area contributed by atoms with Gasteiger partial charge in [-0.05, 0) is 202 Å². The Bertz CT molecular complexity index is 6200. The van der Waals surface area contributed by atoms with Crippen molar-refractivity contribution in [2.75, 3.05) is 20.0 Å². The van der Waals surface area contributed by atoms with Crippen LogP contribution in [0.1, 0.15) is 156 Å². The molecule has 2 aliphatic carbocycles. The molecule has 16 rings (SSSR count). The monoisotopic (exact) mass is 1740 g/mol. The van der Waals surface area contributed by atoms with Crippen molar-refractivity contribution in [1.82, 2.24) is 0 Å². The maximum Gasteiger partial charge on any atom is 0.123 e. The maximum absolute atomic E-state index is 6.79. The second kappa shape index (κ2) is 34.0. The molecule has 0 saturated heterocycles. The number of anilines is 11. The summed E-state index contributed by atoms with van der Waals surface area (Å²) in [6.45, 7) is 65.3. The van der Waals surface area contributed by atoms with Crippen LogP contribution in [0, 0.1) is 0 Å². The standard InChI is InChI=1S/C57H66N2OSi2.C34H42ClNSi2.C23H25NO/c1-55(2,3)40-24-26-42(27-25-40)59(52-38-60-54-53(52)48-22-18-19-23-50(48)57(54,7)8)45-35-41(56(4,5)6)34-44(36-45)58(43-28-30-46(31-29-43)61(9,10)11)51-33-32-47(62(12,13)14)37-49(51)39-20-16-15-17-21-39;1-34(2,3)26-21-27(35)23-29(22-26)36(28-15-17-30(18-16-28)37(4,5)6)33-20-19-31(38(7,8)9)24-32(33)25-13-11-10-12-14-25;1-22(2,3)15-10-12-16(13-11-15)24-19-14-25-21-20(19)17-8-6-7-9-18(17)23(21,4)5/h15-38H,1-14H3;10-24H,1-9H3;6-14,24H,1-5H3. The molecule has 12 aromatic carbocycles. The van der Waals surface area contributed by atoms with Crippen molar-refractivity contribution in [1.29, 1.82) is 0 Å². The van der Waals surface area contributed by atoms with Crippen LogP contribution in [-0.4, -0.2) is 32.3 Å². The van der Waals surface area contributed by atoms with Crippen molar-refractivity contribution < 1.29 is 8.83 Å². The van der Waals surface area contributed by atoms with Gasteiger partial charge in [-0.15, -0.1) is 0 Å². The number of rotatable bonds is 17. The van der Waals surface area contributed by atoms with Gasteiger partial charge in [-0.2, -0.15) is 0 Å². The van der Waals surface area contributed by atoms with E-state index >= 15 is 0 Å². The summed E-state index contributed by atoms with van der Waals surface area (Å²) in [6.07, 6.45) is 3.85. The molecule has 0 radical (unpaired) electrons. The van der Waals surface area contributed by atoms with Crippen LogP contribution >= 0.6 is 11.6 Å². The average molecular weight is 1740 g/mol. The first kappa shape index (κ1) is 90.8. The highest BCUT2D eigenvalue weighted by Gasteiger charge is 2.44. The van der Waals surface area contributed by atoms with Gasteiger partial charge in [-0.1, -0.05) is 376 Å². The van der Waals surface area contributed by atoms with Crippen LogP contribution in [0.3, 0.4) is 0 Å². The summed E-state index contributed by atoms with van der Waals surface area (Å²) in [5.74, 6) is 2.05. The smallest absolute Gasteiger partial charge is 0.123 e. The normalized spacial score (nSPS) is 13.6. The van der Waals surface area contributed by atoms with Gasteiger partial charge in [0.1, 0.15) is 24.0 Å². The fraction of sp³-hybridized carbons (Fsp3) is 0.298. The van der Waals surface area contributed by atoms with Gasteiger partial charge >= 0.3 is 0 Å². The highest BCUT2D eigenvalue weighted by atomic mass is 35.5. The molecule has 11 heteroatoms. The van der Waals surface area contributed by atoms with Gasteiger partial charge in [0.15, 0.2) is 0 Å². The van der Waals surface area contributed by atoms with Crippen molar-refractivity contribution in [2.45, 2.75) is 222 Å². The number of halogens is 1. The highest BCUT2D eigenvalue weighted by molar-refractivity contribution is 6.90. The van der Waals surface area contributed by atoms with Gasteiger partial charge in [0, 0.05) is 77.9 Å². The van der Waals surface area contributed by atoms with E-state index in [9.17, 15) is 0 Å². The summed E-state index contributed by atoms with van der Waals surface area (Å²) in [5.41, 5.74) is 29.4. The molecule has 2 aromatic heterocycles. The van der Waals surface area contributed by atoms with E-state index in [-0.39, 0.29) is 32.5 Å². The van der Waals surface area contributed by atoms with Crippen LogP contribution in [0.25, 0.3) is 44.5 Å². The van der Waals surface area contributed by atoms with Crippen LogP contribution < -0.4 is 40.8 Å². The summed E-state index contributed by atoms with van der Waals surface area (Å²) < 4.78 is 12.7. The minimum absolute atomic E-state index is 0.0169. The SMILES string of the molecule is CC(C)(C)c1cc(Cl)cc(N(c2ccc([Si](C)(C)C)cc2)c2ccc([Si](C)(C)C)cc2-c2ccccc2)c1.CC(C)(C)c1ccc(N(c2cc(N(c3ccc([Si](C)(C)C)cc3)c3ccc([Si](C)(C)C)cc3-c3ccccc3)cc(C(C)(C)C)c2)c2coc3c2-c2ccccc2C3(C)C)cc1.CC(C)(C)c1ccc(Nc2coc3c2-c2ccccc2C3(C)C)cc1. The Labute approximate surface area is 758 Å². The third kappa shape index (κ3) is 19.2. The summed E-state index contributed by atoms with van der Waals surface area (Å²) in [5, 5.41) is 10.1. The molecule has 14 aromatic rings. The molecule has 644 valence electrons. The van der Waals surface area contributed by atoms with Gasteiger partial charge in [0.2, 0.25) is 0 Å². The van der Waals surface area contributed by atoms with Gasteiger partial charge in [0.25, 0.3) is 0 Å². The number of benzene rings is 12. The Morgan fingerprint density at radius 2 is 0.616 bits per heavy atom. The van der Waals surface area contributed by atoms with Gasteiger partial charge in [0.05, 0.1) is 55.0 Å². The van der Waals surface area contributed by atoms with E-state index in [4.69, 9.17) is 20.4 Å². The zero-order valence-corrected chi connectivity index (χ0v) is 84.5. The van der Waals surface area contributed by atoms with Crippen LogP contribution in [0.2, 0.25) is 83.6 Å². The number of hydrogen-bond donors (Lipinski definition) is 1. The molecular weight excluding hydrogens is 1610 g/mol. The molecule has 0 amide bonds. The minimum Gasteiger partial charge on any atom is -0.466 e. The number of furan rings is 2. The molecule has 0 atom stereocenters. The van der Waals surface area contributed by atoms with Crippen LogP contribution in [-0.2, 0) is 32.5 Å². The minimum atomic E-state index is -1.66. The maximum atomic E-state index is 6.79. The molecule has 2 heterocycles. The molecule has 125 heavy (non-hydrogen) atoms. The molecule has 0 unspecified atom stereocenters. The van der Waals surface area contributed by atoms with Gasteiger partial charge < -0.3 is 28.9 Å². The molecule has 6 nitrogen and oxygen atoms in total. The van der Waals surface area contributed by atoms with Gasteiger partial charge in [-0.25, -0.2) is 0 Å². The largest absolute Gasteiger partial charge is 0.466 e. The lowest BCUT2D eigenvalue weighted by Gasteiger charge is -2.34. The average Bonchev–Trinajstić information content (AvgIpc) is 1.57. The van der Waals surface area contributed by atoms with Crippen LogP contribution in [0.15, 0.2) is 300 Å². The van der Waals surface area contributed by atoms with E-state index in [2.05, 4.69) is 488 Å². The second-order valence-electron chi connectivity index (χ2n) is 44.0. The first-order chi connectivity index (χ1) is 58.5. The first-order valence-electron chi connectivity index (χ1n) is 44.9. The van der Waals surface area contributed by atoms with Crippen molar-refractivity contribution >= 4 is 127 Å². The third-order valence-corrected chi connectivity index (χ3v) is 33.8. The van der Waals surface area contributed by atoms with E-state index in [0.29, 0.717) is 0 Å². The fourth-order valence-electron chi connectivity index (χ4n) is 17.5. The third-order valence-electron chi connectivity index (χ3n) is 25.4. The van der Waals surface area contributed by atoms with Crippen LogP contribution in [0.4, 0.5) is 62.6 Å². The highest BCUT2D eigenvalue weighted by Crippen LogP contribution is 2.58. The van der Waals surface area contributed by atoms with Crippen molar-refractivity contribution in [3.8, 4) is 44.5 Å². The second-order valence-corrected chi connectivity index (χ2v) is 64.7. The van der Waals surface area contributed by atoms with E-state index in [1.54, 1.807) is 0 Å². The van der Waals surface area contributed by atoms with E-state index in [1.165, 1.54) is 104 Å². The number of hydrogen-bond acceptors (Lipinski definition) is 6. The lowest BCUT2D eigenvalue weighted by Crippen LogP contribution is -2.37. The predicted molar refractivity (Wildman–Crippen MR) is 555 cm³/mol. The van der Waals surface area contributed by atoms with Crippen molar-refractivity contribution in [2.24, 2.45) is 0 Å². The molecule has 0 bridgehead atoms. The number of fused-ring (bicyclic) bond motifs is 6. The Hall–Kier alpha value is -10.4. The molecular formula is C114H133ClN4O2Si4. The Balaban J connectivity index is 0.000000170. The van der Waals surface area contributed by atoms with Crippen LogP contribution in [0.5, 0.6) is 0 Å². The Kier molecular flexibility index (Phi) is 24.7. The molecule has 0 saturated carbocycles. The lowest BCUT2D eigenvalue weighted by atomic mass is 9.85. The zero-order chi connectivity index (χ0) is 90.3. The van der Waals surface area contributed by atoms with E-state index in [0.717, 1.165) is 73.4 Å². The quantitative estimate of drug-likeness (QED) is 0.0917. The van der Waals surface area contributed by atoms with Crippen molar-refractivity contribution in [3.05, 3.63) is 342 Å². The predicted octanol–water partition coefficient (Wildman–Crippen LogP) is 32.4. The summed E-state index contributed by atoms with van der Waals surface area (Å²) in [6, 6.07) is 104. The Morgan fingerprint density at radius 3 is 1.02 bits per heavy atom. The van der Waals surface area contributed by atoms with E-state index < -0.39 is 32.3 Å². The summed E-state index contributed by atoms with van der Waals surface area (Å²) in [4.78, 5) is 7.36. The zero-order valence-electron chi connectivity index (χ0n) is 79.7. The molecule has 2 aliphatic rings. The topological polar surface area (TPSA) is 48.0 Å². The summed E-state index contributed by atoms with van der Waals surface area (Å²) >= 11 is 6.79. The number of nitrogens with one attached hydrogen (secondary N) is 1. The number of nitrogens with zero attached hydrogens (tertiary/aromatic N) is 3. The molecule has 0 spiro atoms. The van der Waals surface area contributed by atoms with E-state index in [1.807, 2.05) is 12.5 Å². The van der Waals surface area contributed by atoms with Crippen molar-refractivity contribution in [3.63, 3.8) is 0 Å². The Morgan fingerprint density at radius 1 is 0.288 bits per heavy atom. The molecule has 0 aliphatic heterocycles. The summed E-state index contributed by atoms with van der Waals surface area (Å²) in [7, 11) is -6.15.